The van der Waals surface area contributed by atoms with E-state index < -0.39 is 0 Å². The average Bonchev–Trinajstić information content (AvgIpc) is 3.25. The van der Waals surface area contributed by atoms with Crippen molar-refractivity contribution < 1.29 is 9.53 Å². The lowest BCUT2D eigenvalue weighted by Crippen LogP contribution is -2.48. The maximum Gasteiger partial charge on any atom is 0.309 e. The number of ether oxygens (including phenoxy) is 1. The van der Waals surface area contributed by atoms with E-state index in [-0.39, 0.29) is 22.9 Å². The minimum atomic E-state index is -0.222. The van der Waals surface area contributed by atoms with Crippen LogP contribution in [0.3, 0.4) is 0 Å². The molecule has 3 fully saturated rings. The predicted molar refractivity (Wildman–Crippen MR) is 122 cm³/mol. The first-order chi connectivity index (χ1) is 13.4. The summed E-state index contributed by atoms with van der Waals surface area (Å²) in [5.41, 5.74) is 0.331. The summed E-state index contributed by atoms with van der Waals surface area (Å²) >= 11 is 0. The maximum absolute atomic E-state index is 13.6. The zero-order valence-electron chi connectivity index (χ0n) is 20.6. The molecule has 0 spiro atoms. The second-order valence-electron chi connectivity index (χ2n) is 12.8. The minimum absolute atomic E-state index is 0.129. The van der Waals surface area contributed by atoms with Gasteiger partial charge in [-0.15, -0.1) is 0 Å². The summed E-state index contributed by atoms with van der Waals surface area (Å²) < 4.78 is 6.56. The Morgan fingerprint density at radius 3 is 1.86 bits per heavy atom. The highest BCUT2D eigenvalue weighted by molar-refractivity contribution is 5.74. The molecule has 0 aromatic carbocycles. The molecule has 5 atom stereocenters. The standard InChI is InChI=1S/C27H48O2/c1-9-27(10-2,19-14-12-11-13-15-19)29-24(28)21-17-18-16-20(21)23(26(6,7)8)22(18)25(3,4)5/h18-23H,9-17H2,1-8H3. The van der Waals surface area contributed by atoms with Crippen LogP contribution in [0.2, 0.25) is 0 Å². The molecule has 3 rings (SSSR count). The summed E-state index contributed by atoms with van der Waals surface area (Å²) in [7, 11) is 0. The zero-order valence-corrected chi connectivity index (χ0v) is 20.6. The number of rotatable bonds is 5. The van der Waals surface area contributed by atoms with Crippen molar-refractivity contribution in [3.63, 3.8) is 0 Å². The van der Waals surface area contributed by atoms with Gasteiger partial charge >= 0.3 is 5.97 Å². The van der Waals surface area contributed by atoms with E-state index in [1.165, 1.54) is 38.5 Å². The third-order valence-electron chi connectivity index (χ3n) is 9.16. The SMILES string of the molecule is CCC(CC)(OC(=O)C1CC2CC1C(C(C)(C)C)C2C(C)(C)C)C1CCCCC1. The van der Waals surface area contributed by atoms with Gasteiger partial charge in [-0.3, -0.25) is 4.79 Å². The third-order valence-corrected chi connectivity index (χ3v) is 9.16. The van der Waals surface area contributed by atoms with E-state index in [2.05, 4.69) is 55.4 Å². The molecule has 0 saturated heterocycles. The molecule has 0 aromatic rings. The molecule has 0 aliphatic heterocycles. The van der Waals surface area contributed by atoms with E-state index in [4.69, 9.17) is 4.74 Å². The normalized spacial score (nSPS) is 33.9. The highest BCUT2D eigenvalue weighted by atomic mass is 16.6. The van der Waals surface area contributed by atoms with Gasteiger partial charge in [0.1, 0.15) is 5.60 Å². The first-order valence-electron chi connectivity index (χ1n) is 12.7. The Morgan fingerprint density at radius 2 is 1.38 bits per heavy atom. The second kappa shape index (κ2) is 8.19. The molecule has 3 aliphatic carbocycles. The molecule has 0 N–H and O–H groups in total. The molecule has 3 saturated carbocycles. The van der Waals surface area contributed by atoms with Crippen LogP contribution in [0.25, 0.3) is 0 Å². The average molecular weight is 405 g/mol. The van der Waals surface area contributed by atoms with Crippen molar-refractivity contribution in [3.8, 4) is 0 Å². The van der Waals surface area contributed by atoms with Gasteiger partial charge in [-0.1, -0.05) is 74.7 Å². The lowest BCUT2D eigenvalue weighted by atomic mass is 9.57. The van der Waals surface area contributed by atoms with Crippen molar-refractivity contribution in [2.75, 3.05) is 0 Å². The number of fused-ring (bicyclic) bond motifs is 2. The van der Waals surface area contributed by atoms with E-state index >= 15 is 0 Å². The third kappa shape index (κ3) is 4.29. The summed E-state index contributed by atoms with van der Waals surface area (Å²) in [6, 6.07) is 0. The smallest absolute Gasteiger partial charge is 0.309 e. The van der Waals surface area contributed by atoms with Gasteiger partial charge in [-0.05, 0) is 78.9 Å². The van der Waals surface area contributed by atoms with Gasteiger partial charge in [0.2, 0.25) is 0 Å². The maximum atomic E-state index is 13.6. The molecule has 3 aliphatic rings. The molecule has 0 radical (unpaired) electrons. The highest BCUT2D eigenvalue weighted by Gasteiger charge is 2.61. The minimum Gasteiger partial charge on any atom is -0.459 e. The van der Waals surface area contributed by atoms with Gasteiger partial charge in [0, 0.05) is 0 Å². The Kier molecular flexibility index (Phi) is 6.54. The lowest BCUT2D eigenvalue weighted by Gasteiger charge is -2.49. The van der Waals surface area contributed by atoms with Crippen molar-refractivity contribution in [1.82, 2.24) is 0 Å². The fourth-order valence-electron chi connectivity index (χ4n) is 8.02. The van der Waals surface area contributed by atoms with Gasteiger partial charge < -0.3 is 4.74 Å². The van der Waals surface area contributed by atoms with Crippen LogP contribution in [0.1, 0.15) is 113 Å². The molecule has 2 bridgehead atoms. The van der Waals surface area contributed by atoms with Gasteiger partial charge in [-0.2, -0.15) is 0 Å². The summed E-state index contributed by atoms with van der Waals surface area (Å²) in [6.45, 7) is 18.9. The van der Waals surface area contributed by atoms with E-state index in [1.807, 2.05) is 0 Å². The van der Waals surface area contributed by atoms with Crippen molar-refractivity contribution in [1.29, 1.82) is 0 Å². The molecule has 2 nitrogen and oxygen atoms in total. The van der Waals surface area contributed by atoms with Crippen molar-refractivity contribution in [2.45, 2.75) is 119 Å². The zero-order chi connectivity index (χ0) is 21.6. The molecule has 2 heteroatoms. The van der Waals surface area contributed by atoms with E-state index in [9.17, 15) is 4.79 Å². The second-order valence-corrected chi connectivity index (χ2v) is 12.8. The molecule has 0 aromatic heterocycles. The monoisotopic (exact) mass is 404 g/mol. The molecule has 5 unspecified atom stereocenters. The number of hydrogen-bond acceptors (Lipinski definition) is 2. The van der Waals surface area contributed by atoms with Gasteiger partial charge in [0.25, 0.3) is 0 Å². The molecule has 0 amide bonds. The summed E-state index contributed by atoms with van der Waals surface area (Å²) in [4.78, 5) is 13.6. The lowest BCUT2D eigenvalue weighted by molar-refractivity contribution is -0.179. The van der Waals surface area contributed by atoms with Crippen LogP contribution in [-0.2, 0) is 9.53 Å². The molecule has 168 valence electrons. The molecular weight excluding hydrogens is 356 g/mol. The Bertz CT molecular complexity index is 568. The van der Waals surface area contributed by atoms with Crippen molar-refractivity contribution in [3.05, 3.63) is 0 Å². The van der Waals surface area contributed by atoms with Crippen LogP contribution in [0.15, 0.2) is 0 Å². The fraction of sp³-hybridized carbons (Fsp3) is 0.963. The number of hydrogen-bond donors (Lipinski definition) is 0. The molecule has 0 heterocycles. The number of carbonyl (C=O) groups is 1. The Labute approximate surface area is 180 Å². The summed E-state index contributed by atoms with van der Waals surface area (Å²) in [5, 5.41) is 0. The van der Waals surface area contributed by atoms with Crippen LogP contribution in [0, 0.1) is 46.3 Å². The highest BCUT2D eigenvalue weighted by Crippen LogP contribution is 2.64. The fourth-order valence-corrected chi connectivity index (χ4v) is 8.02. The number of esters is 1. The summed E-state index contributed by atoms with van der Waals surface area (Å²) in [5.74, 6) is 3.37. The first kappa shape index (κ1) is 23.1. The summed E-state index contributed by atoms with van der Waals surface area (Å²) in [6.07, 6.45) is 10.7. The van der Waals surface area contributed by atoms with Crippen LogP contribution >= 0.6 is 0 Å². The quantitative estimate of drug-likeness (QED) is 0.440. The number of carbonyl (C=O) groups excluding carboxylic acids is 1. The van der Waals surface area contributed by atoms with Crippen LogP contribution in [0.4, 0.5) is 0 Å². The first-order valence-corrected chi connectivity index (χ1v) is 12.7. The van der Waals surface area contributed by atoms with E-state index in [1.54, 1.807) is 0 Å². The van der Waals surface area contributed by atoms with Crippen LogP contribution < -0.4 is 0 Å². The van der Waals surface area contributed by atoms with Gasteiger partial charge in [0.15, 0.2) is 0 Å². The Hall–Kier alpha value is -0.530. The van der Waals surface area contributed by atoms with Crippen molar-refractivity contribution >= 4 is 5.97 Å². The largest absolute Gasteiger partial charge is 0.459 e. The Balaban J connectivity index is 1.80. The van der Waals surface area contributed by atoms with Crippen molar-refractivity contribution in [2.24, 2.45) is 46.3 Å². The molecular formula is C27H48O2. The van der Waals surface area contributed by atoms with Crippen LogP contribution in [-0.4, -0.2) is 11.6 Å². The van der Waals surface area contributed by atoms with Gasteiger partial charge in [0.05, 0.1) is 5.92 Å². The van der Waals surface area contributed by atoms with E-state index in [0.29, 0.717) is 29.1 Å². The van der Waals surface area contributed by atoms with E-state index in [0.717, 1.165) is 25.2 Å². The molecule has 29 heavy (non-hydrogen) atoms. The predicted octanol–water partition coefficient (Wildman–Crippen LogP) is 7.65. The topological polar surface area (TPSA) is 26.3 Å². The van der Waals surface area contributed by atoms with Crippen LogP contribution in [0.5, 0.6) is 0 Å². The van der Waals surface area contributed by atoms with Gasteiger partial charge in [-0.25, -0.2) is 0 Å². The Morgan fingerprint density at radius 1 is 0.828 bits per heavy atom.